The van der Waals surface area contributed by atoms with Crippen molar-refractivity contribution in [2.45, 2.75) is 44.9 Å². The summed E-state index contributed by atoms with van der Waals surface area (Å²) in [6, 6.07) is -0.502. The molecular weight excluding hydrogens is 252 g/mol. The van der Waals surface area contributed by atoms with Gasteiger partial charge in [0.1, 0.15) is 0 Å². The van der Waals surface area contributed by atoms with Crippen LogP contribution in [0.25, 0.3) is 0 Å². The van der Waals surface area contributed by atoms with Crippen molar-refractivity contribution in [2.75, 3.05) is 19.3 Å². The van der Waals surface area contributed by atoms with Crippen LogP contribution in [0.15, 0.2) is 0 Å². The Bertz CT molecular complexity index is 295. The molecule has 0 saturated heterocycles. The normalized spacial score (nSPS) is 12.9. The zero-order chi connectivity index (χ0) is 14.3. The number of carboxylic acids is 1. The van der Waals surface area contributed by atoms with Gasteiger partial charge in [-0.3, -0.25) is 4.79 Å². The molecule has 0 radical (unpaired) electrons. The Kier molecular flexibility index (Phi) is 7.13. The van der Waals surface area contributed by atoms with E-state index in [0.717, 1.165) is 0 Å². The first-order valence-electron chi connectivity index (χ1n) is 6.05. The molecule has 0 rings (SSSR count). The number of nitrogens with zero attached hydrogens (tertiary/aromatic N) is 1. The van der Waals surface area contributed by atoms with Crippen LogP contribution >= 0.6 is 11.8 Å². The highest BCUT2D eigenvalue weighted by Crippen LogP contribution is 2.19. The number of urea groups is 1. The number of rotatable bonds is 7. The number of carbonyl (C=O) groups is 2. The van der Waals surface area contributed by atoms with E-state index in [9.17, 15) is 9.59 Å². The second kappa shape index (κ2) is 7.51. The van der Waals surface area contributed by atoms with E-state index in [0.29, 0.717) is 13.1 Å². The molecule has 2 N–H and O–H groups in total. The van der Waals surface area contributed by atoms with Crippen LogP contribution in [0.2, 0.25) is 0 Å². The van der Waals surface area contributed by atoms with Gasteiger partial charge in [-0.15, -0.1) is 0 Å². The minimum absolute atomic E-state index is 0.0227. The predicted molar refractivity (Wildman–Crippen MR) is 75.1 cm³/mol. The fraction of sp³-hybridized carbons (Fsp3) is 0.833. The molecule has 0 aliphatic heterocycles. The summed E-state index contributed by atoms with van der Waals surface area (Å²) < 4.78 is -0.0227. The molecule has 0 aromatic rings. The number of carboxylic acid groups (broad SMARTS) is 1. The highest BCUT2D eigenvalue weighted by Gasteiger charge is 2.23. The Morgan fingerprint density at radius 1 is 1.44 bits per heavy atom. The molecule has 0 aromatic heterocycles. The van der Waals surface area contributed by atoms with Gasteiger partial charge in [-0.2, -0.15) is 11.8 Å². The summed E-state index contributed by atoms with van der Waals surface area (Å²) in [7, 11) is 0. The van der Waals surface area contributed by atoms with Crippen LogP contribution in [0.5, 0.6) is 0 Å². The molecule has 0 bridgehead atoms. The number of nitrogens with one attached hydrogen (secondary N) is 1. The van der Waals surface area contributed by atoms with Gasteiger partial charge in [0.15, 0.2) is 0 Å². The van der Waals surface area contributed by atoms with Crippen molar-refractivity contribution in [3.63, 3.8) is 0 Å². The molecule has 0 fully saturated rings. The van der Waals surface area contributed by atoms with Crippen molar-refractivity contribution < 1.29 is 14.7 Å². The zero-order valence-corrected chi connectivity index (χ0v) is 12.6. The van der Waals surface area contributed by atoms with E-state index in [1.54, 1.807) is 23.6 Å². The van der Waals surface area contributed by atoms with Crippen molar-refractivity contribution in [2.24, 2.45) is 0 Å². The van der Waals surface area contributed by atoms with E-state index >= 15 is 0 Å². The van der Waals surface area contributed by atoms with E-state index in [4.69, 9.17) is 5.11 Å². The summed E-state index contributed by atoms with van der Waals surface area (Å²) in [5.74, 6) is -0.891. The van der Waals surface area contributed by atoms with Crippen molar-refractivity contribution >= 4 is 23.8 Å². The number of amides is 2. The van der Waals surface area contributed by atoms with Crippen molar-refractivity contribution in [1.82, 2.24) is 10.2 Å². The van der Waals surface area contributed by atoms with Crippen LogP contribution in [0.3, 0.4) is 0 Å². The summed E-state index contributed by atoms with van der Waals surface area (Å²) >= 11 is 1.68. The number of carbonyl (C=O) groups excluding carboxylic acids is 1. The van der Waals surface area contributed by atoms with Gasteiger partial charge in [0, 0.05) is 23.9 Å². The maximum atomic E-state index is 12.0. The van der Waals surface area contributed by atoms with Gasteiger partial charge in [0.05, 0.1) is 6.42 Å². The number of thioether (sulfide) groups is 1. The molecule has 18 heavy (non-hydrogen) atoms. The maximum absolute atomic E-state index is 12.0. The molecule has 5 nitrogen and oxygen atoms in total. The highest BCUT2D eigenvalue weighted by molar-refractivity contribution is 7.99. The molecular formula is C12H24N2O3S. The highest BCUT2D eigenvalue weighted by atomic mass is 32.2. The van der Waals surface area contributed by atoms with Crippen LogP contribution < -0.4 is 5.32 Å². The monoisotopic (exact) mass is 276 g/mol. The van der Waals surface area contributed by atoms with Crippen LogP contribution in [0.4, 0.5) is 4.79 Å². The molecule has 1 atom stereocenters. The van der Waals surface area contributed by atoms with E-state index < -0.39 is 5.97 Å². The van der Waals surface area contributed by atoms with Crippen LogP contribution in [0.1, 0.15) is 34.1 Å². The third-order valence-corrected chi connectivity index (χ3v) is 4.07. The fourth-order valence-electron chi connectivity index (χ4n) is 1.48. The minimum Gasteiger partial charge on any atom is -0.481 e. The van der Waals surface area contributed by atoms with Gasteiger partial charge < -0.3 is 15.3 Å². The summed E-state index contributed by atoms with van der Waals surface area (Å²) in [6.07, 6.45) is 1.96. The smallest absolute Gasteiger partial charge is 0.317 e. The first-order chi connectivity index (χ1) is 8.23. The maximum Gasteiger partial charge on any atom is 0.317 e. The summed E-state index contributed by atoms with van der Waals surface area (Å²) in [6.45, 7) is 8.75. The second-order valence-corrected chi connectivity index (χ2v) is 6.37. The minimum atomic E-state index is -0.891. The summed E-state index contributed by atoms with van der Waals surface area (Å²) in [4.78, 5) is 24.2. The molecule has 0 heterocycles. The standard InChI is InChI=1S/C12H24N2O3S/c1-6-14(9(2)7-10(15)16)11(17)13-8-12(3,4)18-5/h9H,6-8H2,1-5H3,(H,13,17)(H,15,16). The van der Waals surface area contributed by atoms with E-state index in [1.165, 1.54) is 0 Å². The predicted octanol–water partition coefficient (Wildman–Crippen LogP) is 2.02. The van der Waals surface area contributed by atoms with Crippen molar-refractivity contribution in [3.8, 4) is 0 Å². The number of aliphatic carboxylic acids is 1. The third-order valence-electron chi connectivity index (χ3n) is 2.82. The molecule has 1 unspecified atom stereocenters. The lowest BCUT2D eigenvalue weighted by Gasteiger charge is -2.29. The van der Waals surface area contributed by atoms with Gasteiger partial charge in [-0.05, 0) is 34.0 Å². The molecule has 2 amide bonds. The van der Waals surface area contributed by atoms with Gasteiger partial charge >= 0.3 is 12.0 Å². The van der Waals surface area contributed by atoms with Crippen LogP contribution in [-0.2, 0) is 4.79 Å². The second-order valence-electron chi connectivity index (χ2n) is 4.86. The zero-order valence-electron chi connectivity index (χ0n) is 11.8. The number of hydrogen-bond acceptors (Lipinski definition) is 3. The Morgan fingerprint density at radius 2 is 2.00 bits per heavy atom. The SMILES string of the molecule is CCN(C(=O)NCC(C)(C)SC)C(C)CC(=O)O. The lowest BCUT2D eigenvalue weighted by Crippen LogP contribution is -2.48. The topological polar surface area (TPSA) is 69.6 Å². The van der Waals surface area contributed by atoms with Crippen LogP contribution in [0, 0.1) is 0 Å². The molecule has 0 aromatic carbocycles. The average molecular weight is 276 g/mol. The molecule has 0 spiro atoms. The van der Waals surface area contributed by atoms with Gasteiger partial charge in [0.2, 0.25) is 0 Å². The first-order valence-corrected chi connectivity index (χ1v) is 7.27. The van der Waals surface area contributed by atoms with E-state index in [-0.39, 0.29) is 23.2 Å². The van der Waals surface area contributed by atoms with E-state index in [1.807, 2.05) is 13.2 Å². The molecule has 6 heteroatoms. The Balaban J connectivity index is 4.39. The van der Waals surface area contributed by atoms with Crippen molar-refractivity contribution in [3.05, 3.63) is 0 Å². The molecule has 0 aliphatic carbocycles. The van der Waals surface area contributed by atoms with Gasteiger partial charge in [-0.25, -0.2) is 4.79 Å². The van der Waals surface area contributed by atoms with Gasteiger partial charge in [-0.1, -0.05) is 0 Å². The Hall–Kier alpha value is -0.910. The lowest BCUT2D eigenvalue weighted by atomic mass is 10.2. The lowest BCUT2D eigenvalue weighted by molar-refractivity contribution is -0.138. The summed E-state index contributed by atoms with van der Waals surface area (Å²) in [5, 5.41) is 11.6. The van der Waals surface area contributed by atoms with Crippen LogP contribution in [-0.4, -0.2) is 52.1 Å². The first kappa shape index (κ1) is 17.1. The fourth-order valence-corrected chi connectivity index (χ4v) is 1.70. The molecule has 0 aliphatic rings. The summed E-state index contributed by atoms with van der Waals surface area (Å²) in [5.41, 5.74) is 0. The molecule has 0 saturated carbocycles. The van der Waals surface area contributed by atoms with E-state index in [2.05, 4.69) is 19.2 Å². The average Bonchev–Trinajstić information content (AvgIpc) is 2.26. The third kappa shape index (κ3) is 6.14. The Morgan fingerprint density at radius 3 is 2.39 bits per heavy atom. The quantitative estimate of drug-likeness (QED) is 0.746. The molecule has 106 valence electrons. The number of hydrogen-bond donors (Lipinski definition) is 2. The Labute approximate surface area is 113 Å². The van der Waals surface area contributed by atoms with Gasteiger partial charge in [0.25, 0.3) is 0 Å². The van der Waals surface area contributed by atoms with Crippen molar-refractivity contribution in [1.29, 1.82) is 0 Å². The largest absolute Gasteiger partial charge is 0.481 e.